The summed E-state index contributed by atoms with van der Waals surface area (Å²) in [6.45, 7) is 7.70. The van der Waals surface area contributed by atoms with Crippen LogP contribution in [0.15, 0.2) is 48.7 Å². The predicted molar refractivity (Wildman–Crippen MR) is 252 cm³/mol. The highest BCUT2D eigenvalue weighted by Gasteiger charge is 2.54. The Morgan fingerprint density at radius 2 is 1.71 bits per heavy atom. The number of ether oxygens (including phenoxy) is 1. The number of nitrogens with zero attached hydrogens (tertiary/aromatic N) is 5. The molecule has 3 atom stereocenters. The maximum atomic E-state index is 15.1. The van der Waals surface area contributed by atoms with E-state index < -0.39 is 46.3 Å². The van der Waals surface area contributed by atoms with E-state index in [2.05, 4.69) is 36.1 Å². The van der Waals surface area contributed by atoms with Crippen molar-refractivity contribution in [2.45, 2.75) is 93.9 Å². The monoisotopic (exact) mass is 955 g/mol. The molecule has 352 valence electrons. The summed E-state index contributed by atoms with van der Waals surface area (Å²) < 4.78 is 19.8. The smallest absolute Gasteiger partial charge is 0.258 e. The number of thioether (sulfide) groups is 1. The van der Waals surface area contributed by atoms with Gasteiger partial charge in [0.05, 0.1) is 25.1 Å². The van der Waals surface area contributed by atoms with Crippen LogP contribution in [-0.4, -0.2) is 141 Å². The van der Waals surface area contributed by atoms with Gasteiger partial charge in [0.25, 0.3) is 11.8 Å². The summed E-state index contributed by atoms with van der Waals surface area (Å²) in [5.74, 6) is 1.21. The van der Waals surface area contributed by atoms with E-state index in [1.807, 2.05) is 18.7 Å². The summed E-state index contributed by atoms with van der Waals surface area (Å²) in [5.41, 5.74) is -0.0179. The van der Waals surface area contributed by atoms with E-state index in [0.29, 0.717) is 63.7 Å². The third-order valence-electron chi connectivity index (χ3n) is 13.1. The molecule has 0 radical (unpaired) electrons. The summed E-state index contributed by atoms with van der Waals surface area (Å²) in [7, 11) is 3.27. The van der Waals surface area contributed by atoms with Crippen LogP contribution < -0.4 is 26.0 Å². The second kappa shape index (κ2) is 21.0. The largest absolute Gasteiger partial charge is 0.495 e. The molecule has 2 aliphatic carbocycles. The highest BCUT2D eigenvalue weighted by Crippen LogP contribution is 2.42. The number of methoxy groups -OCH3 is 1. The fraction of sp³-hybridized carbons (Fsp3) is 0.565. The zero-order valence-electron chi connectivity index (χ0n) is 37.4. The van der Waals surface area contributed by atoms with Gasteiger partial charge in [-0.2, -0.15) is 16.7 Å². The molecule has 3 aromatic rings. The standard InChI is InChI=1S/C46H60Cl2FN9O6S/c1-45(2,38(54-43(63)46(49)15-16-46)42(62)58-26-33(59)22-36(58)40(60)51-23-28-9-12-32(47)13-10-28)65-27-30-7-5-29(6-8-30)25-56-17-19-57(20-18-56)41(61)31-11-14-35(37(21-31)64-4)53-44-52-24-34(48)39(50-3)55-44/h9-14,21,24,29-30,33,36,38,59H,5-8,15-20,22-23,25-27H2,1-4H3,(H,51,60)(H,54,63)(H2,50,52,53,55)/t29?,30?,33-,36+,38?/m1/s1. The van der Waals surface area contributed by atoms with Crippen LogP contribution in [-0.2, 0) is 20.9 Å². The van der Waals surface area contributed by atoms with Crippen molar-refractivity contribution in [3.05, 3.63) is 69.8 Å². The van der Waals surface area contributed by atoms with Crippen LogP contribution in [0, 0.1) is 11.8 Å². The number of hydrogen-bond acceptors (Lipinski definition) is 12. The van der Waals surface area contributed by atoms with Gasteiger partial charge in [-0.25, -0.2) is 9.37 Å². The average Bonchev–Trinajstić information content (AvgIpc) is 3.95. The minimum Gasteiger partial charge on any atom is -0.495 e. The number of carbonyl (C=O) groups excluding carboxylic acids is 4. The average molecular weight is 957 g/mol. The molecule has 2 aromatic carbocycles. The molecular formula is C46H60Cl2FN9O6S. The first-order valence-corrected chi connectivity index (χ1v) is 24.1. The zero-order valence-corrected chi connectivity index (χ0v) is 39.7. The molecule has 15 nitrogen and oxygen atoms in total. The summed E-state index contributed by atoms with van der Waals surface area (Å²) in [5, 5.41) is 23.3. The van der Waals surface area contributed by atoms with E-state index in [-0.39, 0.29) is 38.3 Å². The van der Waals surface area contributed by atoms with Gasteiger partial charge in [-0.05, 0) is 106 Å². The second-order valence-electron chi connectivity index (χ2n) is 18.2. The molecule has 19 heteroatoms. The lowest BCUT2D eigenvalue weighted by Gasteiger charge is -2.40. The molecule has 4 amide bonds. The normalized spacial score (nSPS) is 22.5. The molecule has 2 saturated heterocycles. The number of β-amino-alcohol motifs (C(OH)–C–C–N with tert-alkyl or cyclic N) is 1. The van der Waals surface area contributed by atoms with Crippen LogP contribution in [0.2, 0.25) is 10.0 Å². The molecule has 2 aliphatic heterocycles. The van der Waals surface area contributed by atoms with Crippen LogP contribution >= 0.6 is 35.0 Å². The first-order valence-electron chi connectivity index (χ1n) is 22.4. The van der Waals surface area contributed by atoms with Crippen molar-refractivity contribution in [2.75, 3.05) is 69.8 Å². The van der Waals surface area contributed by atoms with Gasteiger partial charge >= 0.3 is 0 Å². The number of piperazine rings is 1. The Kier molecular flexibility index (Phi) is 15.7. The van der Waals surface area contributed by atoms with Crippen LogP contribution in [0.25, 0.3) is 0 Å². The predicted octanol–water partition coefficient (Wildman–Crippen LogP) is 5.92. The Labute approximate surface area is 394 Å². The lowest BCUT2D eigenvalue weighted by molar-refractivity contribution is -0.143. The van der Waals surface area contributed by atoms with Gasteiger partial charge in [-0.1, -0.05) is 35.3 Å². The molecule has 7 rings (SSSR count). The highest BCUT2D eigenvalue weighted by molar-refractivity contribution is 8.00. The number of anilines is 3. The first-order chi connectivity index (χ1) is 31.0. The van der Waals surface area contributed by atoms with Crippen LogP contribution in [0.4, 0.5) is 21.8 Å². The number of rotatable bonds is 17. The Morgan fingerprint density at radius 1 is 1.02 bits per heavy atom. The summed E-state index contributed by atoms with van der Waals surface area (Å²) in [6.07, 6.45) is 5.01. The Balaban J connectivity index is 0.882. The number of benzene rings is 2. The van der Waals surface area contributed by atoms with E-state index in [0.717, 1.165) is 56.6 Å². The fourth-order valence-corrected chi connectivity index (χ4v) is 10.5. The van der Waals surface area contributed by atoms with Crippen molar-refractivity contribution in [2.24, 2.45) is 11.8 Å². The van der Waals surface area contributed by atoms with Gasteiger partial charge in [0.2, 0.25) is 17.8 Å². The Morgan fingerprint density at radius 3 is 2.37 bits per heavy atom. The number of aliphatic hydroxyl groups excluding tert-OH is 1. The zero-order chi connectivity index (χ0) is 46.5. The molecule has 5 N–H and O–H groups in total. The molecule has 0 spiro atoms. The number of halogens is 3. The number of aliphatic hydroxyl groups is 1. The lowest BCUT2D eigenvalue weighted by Crippen LogP contribution is -2.61. The Bertz CT molecular complexity index is 2190. The molecular weight excluding hydrogens is 897 g/mol. The summed E-state index contributed by atoms with van der Waals surface area (Å²) in [6, 6.07) is 10.3. The van der Waals surface area contributed by atoms with Crippen LogP contribution in [0.3, 0.4) is 0 Å². The fourth-order valence-electron chi connectivity index (χ4n) is 8.84. The van der Waals surface area contributed by atoms with Crippen LogP contribution in [0.5, 0.6) is 5.75 Å². The minimum atomic E-state index is -1.99. The number of amides is 4. The SMILES string of the molecule is CNc1nc(Nc2ccc(C(=O)N3CCN(CC4CCC(CSC(C)(C)C(NC(=O)C5(F)CC5)C(=O)N5C[C@H](O)C[C@H]5C(=O)NCc5ccc(Cl)cc5)CC4)CC3)cc2OC)ncc1Cl. The van der Waals surface area contributed by atoms with Gasteiger partial charge in [0.1, 0.15) is 28.7 Å². The number of aromatic nitrogens is 2. The van der Waals surface area contributed by atoms with E-state index >= 15 is 4.39 Å². The number of nitrogens with one attached hydrogen (secondary N) is 4. The molecule has 4 fully saturated rings. The van der Waals surface area contributed by atoms with Crippen molar-refractivity contribution < 1.29 is 33.4 Å². The third kappa shape index (κ3) is 12.1. The molecule has 2 saturated carbocycles. The maximum Gasteiger partial charge on any atom is 0.258 e. The number of likely N-dealkylation sites (tertiary alicyclic amines) is 1. The topological polar surface area (TPSA) is 181 Å². The number of hydrogen-bond donors (Lipinski definition) is 5. The minimum absolute atomic E-state index is 0.0514. The van der Waals surface area contributed by atoms with E-state index in [1.54, 1.807) is 68.4 Å². The second-order valence-corrected chi connectivity index (χ2v) is 20.7. The molecule has 65 heavy (non-hydrogen) atoms. The highest BCUT2D eigenvalue weighted by atomic mass is 35.5. The van der Waals surface area contributed by atoms with Gasteiger partial charge < -0.3 is 40.9 Å². The third-order valence-corrected chi connectivity index (χ3v) is 15.2. The van der Waals surface area contributed by atoms with Crippen molar-refractivity contribution in [3.8, 4) is 5.75 Å². The van der Waals surface area contributed by atoms with Gasteiger partial charge in [-0.3, -0.25) is 24.1 Å². The quantitative estimate of drug-likeness (QED) is 0.108. The number of carbonyl (C=O) groups is 4. The van der Waals surface area contributed by atoms with E-state index in [9.17, 15) is 24.3 Å². The number of alkyl halides is 1. The van der Waals surface area contributed by atoms with Gasteiger partial charge in [0, 0.05) is 74.6 Å². The van der Waals surface area contributed by atoms with Crippen molar-refractivity contribution in [1.29, 1.82) is 0 Å². The molecule has 0 bridgehead atoms. The molecule has 3 heterocycles. The van der Waals surface area contributed by atoms with Gasteiger partial charge in [-0.15, -0.1) is 0 Å². The van der Waals surface area contributed by atoms with Crippen molar-refractivity contribution in [3.63, 3.8) is 0 Å². The van der Waals surface area contributed by atoms with E-state index in [4.69, 9.17) is 27.9 Å². The summed E-state index contributed by atoms with van der Waals surface area (Å²) in [4.78, 5) is 68.9. The molecule has 1 aromatic heterocycles. The maximum absolute atomic E-state index is 15.1. The van der Waals surface area contributed by atoms with E-state index in [1.165, 1.54) is 11.1 Å². The van der Waals surface area contributed by atoms with Crippen LogP contribution in [0.1, 0.15) is 74.7 Å². The lowest BCUT2D eigenvalue weighted by atomic mass is 9.82. The van der Waals surface area contributed by atoms with Gasteiger partial charge in [0.15, 0.2) is 5.67 Å². The molecule has 4 aliphatic rings. The summed E-state index contributed by atoms with van der Waals surface area (Å²) >= 11 is 13.7. The first kappa shape index (κ1) is 48.5. The molecule has 1 unspecified atom stereocenters. The van der Waals surface area contributed by atoms with Crippen molar-refractivity contribution in [1.82, 2.24) is 35.3 Å². The Hall–Kier alpha value is -4.42. The van der Waals surface area contributed by atoms with Crippen molar-refractivity contribution >= 4 is 76.0 Å².